The maximum absolute atomic E-state index is 13.6. The van der Waals surface area contributed by atoms with Crippen LogP contribution in [0.3, 0.4) is 0 Å². The Kier molecular flexibility index (Phi) is 5.94. The van der Waals surface area contributed by atoms with E-state index in [0.29, 0.717) is 6.42 Å². The van der Waals surface area contributed by atoms with Gasteiger partial charge in [0.1, 0.15) is 11.5 Å². The predicted octanol–water partition coefficient (Wildman–Crippen LogP) is 2.10. The van der Waals surface area contributed by atoms with Crippen molar-refractivity contribution in [1.82, 2.24) is 0 Å². The van der Waals surface area contributed by atoms with Crippen LogP contribution in [-0.4, -0.2) is 34.9 Å². The van der Waals surface area contributed by atoms with Gasteiger partial charge >= 0.3 is 0 Å². The van der Waals surface area contributed by atoms with E-state index in [1.165, 1.54) is 0 Å². The molecule has 10 heteroatoms. The predicted molar refractivity (Wildman–Crippen MR) is 73.8 cm³/mol. The third kappa shape index (κ3) is 5.08. The van der Waals surface area contributed by atoms with Crippen molar-refractivity contribution in [3.05, 3.63) is 23.8 Å². The highest BCUT2D eigenvalue weighted by Gasteiger charge is 2.22. The lowest BCUT2D eigenvalue weighted by molar-refractivity contribution is 0.312. The highest BCUT2D eigenvalue weighted by molar-refractivity contribution is 8.13. The van der Waals surface area contributed by atoms with Crippen LogP contribution in [0.15, 0.2) is 17.0 Å². The quantitative estimate of drug-likeness (QED) is 0.694. The maximum Gasteiger partial charge on any atom is 0.264 e. The molecule has 0 radical (unpaired) electrons. The van der Waals surface area contributed by atoms with E-state index in [0.717, 1.165) is 12.1 Å². The molecule has 0 heterocycles. The Bertz CT molecular complexity index is 716. The first-order chi connectivity index (χ1) is 9.58. The molecule has 0 fully saturated rings. The lowest BCUT2D eigenvalue weighted by atomic mass is 10.3. The Morgan fingerprint density at radius 3 is 2.24 bits per heavy atom. The molecule has 21 heavy (non-hydrogen) atoms. The SMILES string of the molecule is CCCS(=O)(=O)CCOc1ccc(S(=O)(=O)Cl)c(F)c1F. The summed E-state index contributed by atoms with van der Waals surface area (Å²) in [4.78, 5) is -1.01. The van der Waals surface area contributed by atoms with Gasteiger partial charge in [-0.3, -0.25) is 0 Å². The molecule has 0 bridgehead atoms. The summed E-state index contributed by atoms with van der Waals surface area (Å²) in [6.07, 6.45) is 0.438. The molecule has 0 unspecified atom stereocenters. The van der Waals surface area contributed by atoms with Crippen LogP contribution < -0.4 is 4.74 Å². The monoisotopic (exact) mass is 362 g/mol. The molecule has 5 nitrogen and oxygen atoms in total. The summed E-state index contributed by atoms with van der Waals surface area (Å²) >= 11 is 0. The molecule has 1 aromatic carbocycles. The normalized spacial score (nSPS) is 12.4. The number of hydrogen-bond donors (Lipinski definition) is 0. The summed E-state index contributed by atoms with van der Waals surface area (Å²) in [7, 11) is -2.80. The third-order valence-electron chi connectivity index (χ3n) is 2.44. The van der Waals surface area contributed by atoms with E-state index in [1.807, 2.05) is 0 Å². The first-order valence-corrected chi connectivity index (χ1v) is 9.97. The summed E-state index contributed by atoms with van der Waals surface area (Å²) in [6.45, 7) is 1.32. The molecule has 0 saturated carbocycles. The number of hydrogen-bond acceptors (Lipinski definition) is 5. The van der Waals surface area contributed by atoms with Crippen molar-refractivity contribution >= 4 is 29.6 Å². The van der Waals surface area contributed by atoms with Crippen LogP contribution in [0.1, 0.15) is 13.3 Å². The van der Waals surface area contributed by atoms with E-state index in [9.17, 15) is 25.6 Å². The summed E-state index contributed by atoms with van der Waals surface area (Å²) in [5, 5.41) is 0. The van der Waals surface area contributed by atoms with Crippen LogP contribution in [0.2, 0.25) is 0 Å². The number of halogens is 3. The molecule has 0 aliphatic carbocycles. The van der Waals surface area contributed by atoms with Crippen molar-refractivity contribution in [2.24, 2.45) is 0 Å². The highest BCUT2D eigenvalue weighted by atomic mass is 35.7. The van der Waals surface area contributed by atoms with Crippen LogP contribution in [0.5, 0.6) is 5.75 Å². The minimum Gasteiger partial charge on any atom is -0.489 e. The fourth-order valence-electron chi connectivity index (χ4n) is 1.51. The van der Waals surface area contributed by atoms with Crippen LogP contribution >= 0.6 is 10.7 Å². The maximum atomic E-state index is 13.6. The molecule has 0 atom stereocenters. The average molecular weight is 363 g/mol. The molecule has 1 aromatic rings. The summed E-state index contributed by atoms with van der Waals surface area (Å²) in [5.74, 6) is -4.17. The van der Waals surface area contributed by atoms with Crippen LogP contribution in [-0.2, 0) is 18.9 Å². The largest absolute Gasteiger partial charge is 0.489 e. The Hall–Kier alpha value is -0.930. The second-order valence-electron chi connectivity index (χ2n) is 4.13. The van der Waals surface area contributed by atoms with Gasteiger partial charge in [0, 0.05) is 10.7 Å². The van der Waals surface area contributed by atoms with Crippen molar-refractivity contribution in [2.75, 3.05) is 18.1 Å². The van der Waals surface area contributed by atoms with Crippen molar-refractivity contribution in [1.29, 1.82) is 0 Å². The second-order valence-corrected chi connectivity index (χ2v) is 8.97. The highest BCUT2D eigenvalue weighted by Crippen LogP contribution is 2.27. The first kappa shape index (κ1) is 18.1. The van der Waals surface area contributed by atoms with Gasteiger partial charge in [-0.15, -0.1) is 0 Å². The number of ether oxygens (including phenoxy) is 1. The smallest absolute Gasteiger partial charge is 0.264 e. The topological polar surface area (TPSA) is 77.5 Å². The zero-order valence-corrected chi connectivity index (χ0v) is 13.4. The standard InChI is InChI=1S/C11H13ClF2O5S2/c1-2-6-20(15,16)7-5-19-8-3-4-9(21(12,17)18)11(14)10(8)13/h3-4H,2,5-7H2,1H3. The number of benzene rings is 1. The van der Waals surface area contributed by atoms with Crippen molar-refractivity contribution in [3.63, 3.8) is 0 Å². The van der Waals surface area contributed by atoms with Crippen molar-refractivity contribution in [2.45, 2.75) is 18.2 Å². The van der Waals surface area contributed by atoms with E-state index in [4.69, 9.17) is 15.4 Å². The molecule has 0 aliphatic heterocycles. The second kappa shape index (κ2) is 6.89. The number of rotatable bonds is 7. The zero-order valence-electron chi connectivity index (χ0n) is 11.0. The molecule has 0 spiro atoms. The summed E-state index contributed by atoms with van der Waals surface area (Å²) < 4.78 is 76.7. The van der Waals surface area contributed by atoms with E-state index in [1.54, 1.807) is 6.92 Å². The molecule has 120 valence electrons. The molecular weight excluding hydrogens is 350 g/mol. The van der Waals surface area contributed by atoms with E-state index in [2.05, 4.69) is 0 Å². The number of sulfone groups is 1. The van der Waals surface area contributed by atoms with E-state index >= 15 is 0 Å². The van der Waals surface area contributed by atoms with Gasteiger partial charge in [-0.05, 0) is 18.6 Å². The minimum absolute atomic E-state index is 0.0311. The average Bonchev–Trinajstić information content (AvgIpc) is 2.32. The van der Waals surface area contributed by atoms with Gasteiger partial charge in [0.15, 0.2) is 21.4 Å². The van der Waals surface area contributed by atoms with E-state index in [-0.39, 0.29) is 18.1 Å². The van der Waals surface area contributed by atoms with Gasteiger partial charge in [-0.25, -0.2) is 21.2 Å². The molecule has 0 saturated heterocycles. The molecule has 0 aromatic heterocycles. The van der Waals surface area contributed by atoms with Crippen molar-refractivity contribution < 1.29 is 30.4 Å². The Labute approximate surface area is 126 Å². The van der Waals surface area contributed by atoms with Crippen molar-refractivity contribution in [3.8, 4) is 5.75 Å². The molecule has 0 aliphatic rings. The van der Waals surface area contributed by atoms with Gasteiger partial charge in [-0.2, -0.15) is 4.39 Å². The molecule has 0 amide bonds. The van der Waals surface area contributed by atoms with Gasteiger partial charge < -0.3 is 4.74 Å². The summed E-state index contributed by atoms with van der Waals surface area (Å²) in [6, 6.07) is 1.62. The van der Waals surface area contributed by atoms with Gasteiger partial charge in [-0.1, -0.05) is 6.92 Å². The Morgan fingerprint density at radius 1 is 1.10 bits per heavy atom. The molecule has 0 N–H and O–H groups in total. The van der Waals surface area contributed by atoms with Gasteiger partial charge in [0.2, 0.25) is 5.82 Å². The minimum atomic E-state index is -4.42. The van der Waals surface area contributed by atoms with Crippen LogP contribution in [0, 0.1) is 11.6 Å². The Balaban J connectivity index is 2.86. The molecule has 1 rings (SSSR count). The molecular formula is C11H13ClF2O5S2. The van der Waals surface area contributed by atoms with E-state index < -0.39 is 41.2 Å². The van der Waals surface area contributed by atoms with Crippen LogP contribution in [0.25, 0.3) is 0 Å². The Morgan fingerprint density at radius 2 is 1.71 bits per heavy atom. The van der Waals surface area contributed by atoms with Gasteiger partial charge in [0.25, 0.3) is 9.05 Å². The zero-order chi connectivity index (χ0) is 16.3. The first-order valence-electron chi connectivity index (χ1n) is 5.84. The van der Waals surface area contributed by atoms with Crippen LogP contribution in [0.4, 0.5) is 8.78 Å². The van der Waals surface area contributed by atoms with Gasteiger partial charge in [0.05, 0.1) is 11.5 Å². The fourth-order valence-corrected chi connectivity index (χ4v) is 3.56. The third-order valence-corrected chi connectivity index (χ3v) is 5.60. The lowest BCUT2D eigenvalue weighted by Crippen LogP contribution is -2.17. The summed E-state index contributed by atoms with van der Waals surface area (Å²) in [5.41, 5.74) is 0. The fraction of sp³-hybridized carbons (Fsp3) is 0.455. The lowest BCUT2D eigenvalue weighted by Gasteiger charge is -2.09.